The van der Waals surface area contributed by atoms with Crippen LogP contribution in [0.4, 0.5) is 16.2 Å². The second-order valence-electron chi connectivity index (χ2n) is 19.2. The quantitative estimate of drug-likeness (QED) is 0.0253. The molecule has 4 aromatic heterocycles. The molecule has 8 aromatic rings. The third-order valence-corrected chi connectivity index (χ3v) is 15.2. The second-order valence-corrected chi connectivity index (χ2v) is 21.0. The number of hydrogen-bond acceptors (Lipinski definition) is 19. The van der Waals surface area contributed by atoms with Crippen molar-refractivity contribution in [1.82, 2.24) is 39.0 Å². The van der Waals surface area contributed by atoms with Crippen molar-refractivity contribution >= 4 is 62.8 Å². The average Bonchev–Trinajstić information content (AvgIpc) is 3.45. The Kier molecular flexibility index (Phi) is 18.2. The molecule has 2 aliphatic heterocycles. The Labute approximate surface area is 474 Å². The van der Waals surface area contributed by atoms with Gasteiger partial charge in [-0.1, -0.05) is 86.6 Å². The topological polar surface area (TPSA) is 310 Å². The monoisotopic (exact) mass is 1170 g/mol. The molecule has 0 saturated carbocycles. The van der Waals surface area contributed by atoms with Gasteiger partial charge in [0.25, 0.3) is 11.5 Å². The first-order valence-corrected chi connectivity index (χ1v) is 28.2. The highest BCUT2D eigenvalue weighted by atomic mass is 31.2. The molecule has 83 heavy (non-hydrogen) atoms. The highest BCUT2D eigenvalue weighted by molar-refractivity contribution is 7.41. The van der Waals surface area contributed by atoms with Gasteiger partial charge in [0.1, 0.15) is 35.6 Å². The number of nitriles is 1. The van der Waals surface area contributed by atoms with Gasteiger partial charge in [-0.05, 0) is 53.1 Å². The van der Waals surface area contributed by atoms with Gasteiger partial charge < -0.3 is 42.6 Å². The van der Waals surface area contributed by atoms with Crippen molar-refractivity contribution < 1.29 is 65.2 Å². The number of anilines is 2. The maximum absolute atomic E-state index is 18.0. The van der Waals surface area contributed by atoms with Gasteiger partial charge in [0.2, 0.25) is 11.9 Å². The largest absolute Gasteiger partial charge is 0.695 e. The number of carbonyl (C=O) groups excluding carboxylic acids is 2. The molecule has 430 valence electrons. The molecule has 4 N–H and O–H groups in total. The van der Waals surface area contributed by atoms with E-state index in [0.717, 1.165) is 0 Å². The summed E-state index contributed by atoms with van der Waals surface area (Å²) >= 11 is 0. The maximum atomic E-state index is 18.0. The minimum atomic E-state index is -3.17. The smallest absolute Gasteiger partial charge is 0.497 e. The fourth-order valence-electron chi connectivity index (χ4n) is 9.56. The lowest BCUT2D eigenvalue weighted by atomic mass is 9.80. The summed E-state index contributed by atoms with van der Waals surface area (Å²) in [7, 11) is -2.72. The molecule has 28 heteroatoms. The lowest BCUT2D eigenvalue weighted by Crippen LogP contribution is -2.38. The Balaban J connectivity index is 0.968. The Bertz CT molecular complexity index is 3620. The average molecular weight is 1180 g/mol. The molecule has 0 spiro atoms. The number of aromatic amines is 1. The number of methoxy groups -OCH3 is 2. The molecular formula is C55H55FN11O14P2+. The van der Waals surface area contributed by atoms with Crippen LogP contribution in [-0.2, 0) is 47.3 Å². The first-order valence-electron chi connectivity index (χ1n) is 26.0. The SMILES string of the molecule is COc1ccc(C(OC[C@H]2O[C@@H](n3cnc4c(=O)[nH]c(NC(=O)C(C)C)nc43)[C@H](OP(OCCC#N)OC[C@@H]3C[C@@H](O[P+](=O)O)[C@H](n4cnc5c(NC(=O)c6ccccc6)ncnc54)O3)[C@@H]2F)(c2ccccc2)c2ccc(OC)cc2)cc1. The predicted molar refractivity (Wildman–Crippen MR) is 296 cm³/mol. The summed E-state index contributed by atoms with van der Waals surface area (Å²) in [5.74, 6) is -0.344. The number of fused-ring (bicyclic) bond motifs is 2. The second kappa shape index (κ2) is 26.0. The van der Waals surface area contributed by atoms with Crippen molar-refractivity contribution in [1.29, 1.82) is 5.26 Å². The number of benzene rings is 4. The fraction of sp³-hybridized carbons (Fsp3) is 0.327. The number of imidazole rings is 2. The fourth-order valence-corrected chi connectivity index (χ4v) is 11.1. The first kappa shape index (κ1) is 58.2. The number of hydrogen-bond donors (Lipinski definition) is 4. The number of nitrogens with zero attached hydrogens (tertiary/aromatic N) is 8. The van der Waals surface area contributed by atoms with E-state index >= 15 is 4.39 Å². The van der Waals surface area contributed by atoms with Gasteiger partial charge in [0.05, 0.1) is 65.3 Å². The number of carbonyl (C=O) groups is 2. The van der Waals surface area contributed by atoms with Crippen LogP contribution in [0.2, 0.25) is 0 Å². The maximum Gasteiger partial charge on any atom is 0.695 e. The van der Waals surface area contributed by atoms with E-state index in [1.807, 2.05) is 60.7 Å². The highest BCUT2D eigenvalue weighted by Crippen LogP contribution is 2.50. The molecule has 10 rings (SSSR count). The number of rotatable bonds is 24. The van der Waals surface area contributed by atoms with Crippen LogP contribution in [0.25, 0.3) is 22.3 Å². The van der Waals surface area contributed by atoms with Gasteiger partial charge in [-0.3, -0.25) is 33.8 Å². The summed E-state index contributed by atoms with van der Waals surface area (Å²) in [4.78, 5) is 73.9. The summed E-state index contributed by atoms with van der Waals surface area (Å²) in [6.45, 7) is 2.31. The molecule has 2 amide bonds. The number of H-pyrrole nitrogens is 1. The van der Waals surface area contributed by atoms with E-state index in [2.05, 4.69) is 40.5 Å². The van der Waals surface area contributed by atoms with Crippen LogP contribution in [-0.4, -0.2) is 120 Å². The van der Waals surface area contributed by atoms with E-state index < -0.39 is 95.4 Å². The molecule has 4 aromatic carbocycles. The molecule has 6 heterocycles. The molecule has 2 saturated heterocycles. The van der Waals surface area contributed by atoms with Crippen LogP contribution < -0.4 is 25.7 Å². The summed E-state index contributed by atoms with van der Waals surface area (Å²) < 4.78 is 88.6. The van der Waals surface area contributed by atoms with Crippen molar-refractivity contribution in [2.45, 2.75) is 75.3 Å². The molecule has 25 nitrogen and oxygen atoms in total. The molecule has 2 unspecified atom stereocenters. The van der Waals surface area contributed by atoms with E-state index in [9.17, 15) is 29.1 Å². The van der Waals surface area contributed by atoms with Crippen LogP contribution in [0.1, 0.15) is 66.2 Å². The summed E-state index contributed by atoms with van der Waals surface area (Å²) in [6.07, 6.45) is -6.19. The lowest BCUT2D eigenvalue weighted by molar-refractivity contribution is -0.118. The van der Waals surface area contributed by atoms with Crippen LogP contribution >= 0.6 is 16.9 Å². The zero-order valence-electron chi connectivity index (χ0n) is 44.9. The molecular weight excluding hydrogens is 1120 g/mol. The number of alkyl halides is 1. The summed E-state index contributed by atoms with van der Waals surface area (Å²) in [6, 6.07) is 34.3. The van der Waals surface area contributed by atoms with E-state index in [1.165, 1.54) is 28.1 Å². The number of nitrogens with one attached hydrogen (secondary N) is 3. The van der Waals surface area contributed by atoms with Crippen molar-refractivity contribution in [3.63, 3.8) is 0 Å². The first-order chi connectivity index (χ1) is 40.3. The predicted octanol–water partition coefficient (Wildman–Crippen LogP) is 7.95. The third kappa shape index (κ3) is 12.7. The van der Waals surface area contributed by atoms with Gasteiger partial charge in [0, 0.05) is 22.5 Å². The van der Waals surface area contributed by atoms with Crippen LogP contribution in [0.3, 0.4) is 0 Å². The van der Waals surface area contributed by atoms with E-state index in [1.54, 1.807) is 82.7 Å². The summed E-state index contributed by atoms with van der Waals surface area (Å²) in [5, 5.41) is 14.9. The molecule has 2 aliphatic rings. The van der Waals surface area contributed by atoms with Crippen molar-refractivity contribution in [2.24, 2.45) is 5.92 Å². The number of halogens is 1. The van der Waals surface area contributed by atoms with Gasteiger partial charge >= 0.3 is 16.9 Å². The molecule has 9 atom stereocenters. The van der Waals surface area contributed by atoms with Gasteiger partial charge in [0.15, 0.2) is 52.9 Å². The van der Waals surface area contributed by atoms with Gasteiger partial charge in [-0.25, -0.2) is 24.3 Å². The Hall–Kier alpha value is -8.05. The Morgan fingerprint density at radius 3 is 2.12 bits per heavy atom. The summed E-state index contributed by atoms with van der Waals surface area (Å²) in [5.41, 5.74) is 0.306. The lowest BCUT2D eigenvalue weighted by Gasteiger charge is -2.37. The third-order valence-electron chi connectivity index (χ3n) is 13.6. The van der Waals surface area contributed by atoms with E-state index in [0.29, 0.717) is 33.8 Å². The van der Waals surface area contributed by atoms with Crippen LogP contribution in [0.15, 0.2) is 133 Å². The number of ether oxygens (including phenoxy) is 5. The zero-order valence-corrected chi connectivity index (χ0v) is 46.7. The van der Waals surface area contributed by atoms with Gasteiger partial charge in [-0.2, -0.15) is 10.2 Å². The molecule has 2 fully saturated rings. The molecule has 0 radical (unpaired) electrons. The Morgan fingerprint density at radius 2 is 1.48 bits per heavy atom. The van der Waals surface area contributed by atoms with Crippen LogP contribution in [0.5, 0.6) is 11.5 Å². The van der Waals surface area contributed by atoms with E-state index in [-0.39, 0.29) is 60.1 Å². The zero-order chi connectivity index (χ0) is 58.2. The Morgan fingerprint density at radius 1 is 0.843 bits per heavy atom. The van der Waals surface area contributed by atoms with Crippen molar-refractivity contribution in [3.8, 4) is 17.6 Å². The number of amides is 2. The minimum Gasteiger partial charge on any atom is -0.497 e. The van der Waals surface area contributed by atoms with Gasteiger partial charge in [-0.15, -0.1) is 9.42 Å². The highest BCUT2D eigenvalue weighted by Gasteiger charge is 2.52. The number of aromatic nitrogens is 8. The van der Waals surface area contributed by atoms with Crippen molar-refractivity contribution in [3.05, 3.63) is 161 Å². The molecule has 0 aliphatic carbocycles. The van der Waals surface area contributed by atoms with Crippen LogP contribution in [0, 0.1) is 17.2 Å². The molecule has 0 bridgehead atoms. The van der Waals surface area contributed by atoms with E-state index in [4.69, 9.17) is 41.8 Å². The standard InChI is InChI=1S/C55H54FN11O14P2/c1-32(2)49(68)64-54-63-48-44(51(70)65-54)61-31-67(48)53-45(42(56)41(79-53)28-75-55(34-14-9-6-10-15-34,35-16-20-37(73-3)21-17-35)36-18-22-38(74-4)23-19-36)81-83(76-25-11-24-57)77-27-39-26-40(80-82(71)72)52(78-39)66-30-60-43-46(58-29-59-47(43)66)62-50(69)33-12-7-5-8-13-33/h5-10,12-23,29-32,39-42,45,52-53H,11,25-28H2,1-4H3,(H3-,58,59,62,63,64,65,68,69,70,71,72)/p+1/t39-,40+,41+,42+,45+,52+,53+,83?/m0/s1. The minimum absolute atomic E-state index is 0.0428. The normalized spacial score (nSPS) is 20.3. The van der Waals surface area contributed by atoms with Crippen molar-refractivity contribution in [2.75, 3.05) is 44.7 Å².